The number of nitrogens with zero attached hydrogens (tertiary/aromatic N) is 1. The Labute approximate surface area is 178 Å². The molecule has 0 aromatic heterocycles. The van der Waals surface area contributed by atoms with Gasteiger partial charge in [0.05, 0.1) is 13.0 Å². The largest absolute Gasteiger partial charge is 0.493 e. The Balaban J connectivity index is 1.34. The highest BCUT2D eigenvalue weighted by molar-refractivity contribution is 5.78. The summed E-state index contributed by atoms with van der Waals surface area (Å²) < 4.78 is 11.3. The first kappa shape index (κ1) is 21.7. The minimum Gasteiger partial charge on any atom is -0.493 e. The van der Waals surface area contributed by atoms with Gasteiger partial charge in [0.15, 0.2) is 6.61 Å². The Hall–Kier alpha value is -3.02. The lowest BCUT2D eigenvalue weighted by molar-refractivity contribution is -0.134. The molecule has 0 atom stereocenters. The van der Waals surface area contributed by atoms with Crippen molar-refractivity contribution in [3.05, 3.63) is 59.7 Å². The van der Waals surface area contributed by atoms with Crippen molar-refractivity contribution >= 4 is 11.8 Å². The number of hydrogen-bond donors (Lipinski definition) is 1. The van der Waals surface area contributed by atoms with Crippen LogP contribution < -0.4 is 14.8 Å². The summed E-state index contributed by atoms with van der Waals surface area (Å²) >= 11 is 0. The van der Waals surface area contributed by atoms with Gasteiger partial charge in [-0.1, -0.05) is 30.3 Å². The Morgan fingerprint density at radius 3 is 2.47 bits per heavy atom. The van der Waals surface area contributed by atoms with E-state index in [1.807, 2.05) is 67.3 Å². The summed E-state index contributed by atoms with van der Waals surface area (Å²) in [5, 5.41) is 3.05. The second-order valence-corrected chi connectivity index (χ2v) is 7.62. The van der Waals surface area contributed by atoms with E-state index < -0.39 is 0 Å². The van der Waals surface area contributed by atoms with Crippen LogP contribution >= 0.6 is 0 Å². The topological polar surface area (TPSA) is 67.9 Å². The minimum absolute atomic E-state index is 0.0167. The van der Waals surface area contributed by atoms with E-state index in [0.717, 1.165) is 35.5 Å². The standard InChI is InChI=1S/C24H30N2O4/c1-18-7-6-10-22(19(18)2)30-17-24(28)26-14-11-20(12-15-26)25-23(27)13-16-29-21-8-4-3-5-9-21/h3-10,20H,11-17H2,1-2H3,(H,25,27). The molecule has 1 aliphatic rings. The second-order valence-electron chi connectivity index (χ2n) is 7.62. The number of amides is 2. The molecule has 1 fully saturated rings. The summed E-state index contributed by atoms with van der Waals surface area (Å²) in [5.74, 6) is 1.48. The van der Waals surface area contributed by atoms with Gasteiger partial charge in [-0.3, -0.25) is 9.59 Å². The number of piperidine rings is 1. The van der Waals surface area contributed by atoms with Crippen LogP contribution in [0.4, 0.5) is 0 Å². The van der Waals surface area contributed by atoms with Gasteiger partial charge in [0.1, 0.15) is 11.5 Å². The zero-order valence-electron chi connectivity index (χ0n) is 17.7. The van der Waals surface area contributed by atoms with Crippen molar-refractivity contribution in [2.75, 3.05) is 26.3 Å². The maximum atomic E-state index is 12.5. The third-order valence-electron chi connectivity index (χ3n) is 5.46. The molecule has 1 N–H and O–H groups in total. The average molecular weight is 411 g/mol. The number of likely N-dealkylation sites (tertiary alicyclic amines) is 1. The van der Waals surface area contributed by atoms with E-state index in [0.29, 0.717) is 26.1 Å². The number of hydrogen-bond acceptors (Lipinski definition) is 4. The molecular formula is C24H30N2O4. The highest BCUT2D eigenvalue weighted by Crippen LogP contribution is 2.21. The number of carbonyl (C=O) groups is 2. The third kappa shape index (κ3) is 6.24. The van der Waals surface area contributed by atoms with Gasteiger partial charge in [0.2, 0.25) is 5.91 Å². The number of para-hydroxylation sites is 1. The van der Waals surface area contributed by atoms with Gasteiger partial charge >= 0.3 is 0 Å². The molecule has 0 bridgehead atoms. The first-order valence-electron chi connectivity index (χ1n) is 10.5. The Morgan fingerprint density at radius 1 is 1.00 bits per heavy atom. The van der Waals surface area contributed by atoms with Crippen LogP contribution in [-0.4, -0.2) is 49.1 Å². The van der Waals surface area contributed by atoms with E-state index in [4.69, 9.17) is 9.47 Å². The first-order valence-corrected chi connectivity index (χ1v) is 10.5. The summed E-state index contributed by atoms with van der Waals surface area (Å²) in [6, 6.07) is 15.4. The average Bonchev–Trinajstić information content (AvgIpc) is 2.76. The summed E-state index contributed by atoms with van der Waals surface area (Å²) in [7, 11) is 0. The summed E-state index contributed by atoms with van der Waals surface area (Å²) in [6.07, 6.45) is 1.82. The fourth-order valence-electron chi connectivity index (χ4n) is 3.46. The maximum Gasteiger partial charge on any atom is 0.260 e. The monoisotopic (exact) mass is 410 g/mol. The van der Waals surface area contributed by atoms with Gasteiger partial charge in [-0.15, -0.1) is 0 Å². The molecule has 0 saturated carbocycles. The van der Waals surface area contributed by atoms with E-state index in [2.05, 4.69) is 5.32 Å². The molecule has 3 rings (SSSR count). The van der Waals surface area contributed by atoms with Crippen molar-refractivity contribution in [3.8, 4) is 11.5 Å². The van der Waals surface area contributed by atoms with E-state index in [9.17, 15) is 9.59 Å². The SMILES string of the molecule is Cc1cccc(OCC(=O)N2CCC(NC(=O)CCOc3ccccc3)CC2)c1C. The van der Waals surface area contributed by atoms with Gasteiger partial charge in [-0.25, -0.2) is 0 Å². The van der Waals surface area contributed by atoms with Crippen LogP contribution in [0.25, 0.3) is 0 Å². The van der Waals surface area contributed by atoms with Gasteiger partial charge in [0.25, 0.3) is 5.91 Å². The van der Waals surface area contributed by atoms with Crippen LogP contribution in [0.2, 0.25) is 0 Å². The Bertz CT molecular complexity index is 846. The van der Waals surface area contributed by atoms with Crippen molar-refractivity contribution in [1.82, 2.24) is 10.2 Å². The maximum absolute atomic E-state index is 12.5. The van der Waals surface area contributed by atoms with E-state index in [1.165, 1.54) is 0 Å². The summed E-state index contributed by atoms with van der Waals surface area (Å²) in [4.78, 5) is 26.4. The lowest BCUT2D eigenvalue weighted by Gasteiger charge is -2.32. The predicted molar refractivity (Wildman–Crippen MR) is 116 cm³/mol. The summed E-state index contributed by atoms with van der Waals surface area (Å²) in [6.45, 7) is 5.66. The lowest BCUT2D eigenvalue weighted by Crippen LogP contribution is -2.47. The molecule has 30 heavy (non-hydrogen) atoms. The normalized spacial score (nSPS) is 14.3. The van der Waals surface area contributed by atoms with Gasteiger partial charge in [-0.05, 0) is 56.0 Å². The van der Waals surface area contributed by atoms with Crippen LogP contribution in [0, 0.1) is 13.8 Å². The minimum atomic E-state index is -0.0195. The molecule has 160 valence electrons. The molecule has 2 aromatic carbocycles. The zero-order chi connectivity index (χ0) is 21.3. The molecule has 1 aliphatic heterocycles. The molecule has 0 aliphatic carbocycles. The van der Waals surface area contributed by atoms with Crippen molar-refractivity contribution in [1.29, 1.82) is 0 Å². The highest BCUT2D eigenvalue weighted by Gasteiger charge is 2.24. The van der Waals surface area contributed by atoms with Crippen molar-refractivity contribution < 1.29 is 19.1 Å². The molecule has 2 amide bonds. The molecule has 0 radical (unpaired) electrons. The van der Waals surface area contributed by atoms with E-state index in [-0.39, 0.29) is 24.5 Å². The second kappa shape index (κ2) is 10.7. The fourth-order valence-corrected chi connectivity index (χ4v) is 3.46. The highest BCUT2D eigenvalue weighted by atomic mass is 16.5. The number of benzene rings is 2. The summed E-state index contributed by atoms with van der Waals surface area (Å²) in [5.41, 5.74) is 2.20. The lowest BCUT2D eigenvalue weighted by atomic mass is 10.0. The first-order chi connectivity index (χ1) is 14.5. The van der Waals surface area contributed by atoms with Crippen LogP contribution in [0.5, 0.6) is 11.5 Å². The molecule has 1 heterocycles. The molecule has 2 aromatic rings. The third-order valence-corrected chi connectivity index (χ3v) is 5.46. The molecule has 6 heteroatoms. The Kier molecular flexibility index (Phi) is 7.71. The molecule has 6 nitrogen and oxygen atoms in total. The zero-order valence-corrected chi connectivity index (χ0v) is 17.7. The van der Waals surface area contributed by atoms with Crippen LogP contribution in [0.3, 0.4) is 0 Å². The molecule has 0 unspecified atom stereocenters. The van der Waals surface area contributed by atoms with Crippen molar-refractivity contribution in [3.63, 3.8) is 0 Å². The number of ether oxygens (including phenoxy) is 2. The molecule has 1 saturated heterocycles. The number of aryl methyl sites for hydroxylation is 1. The number of carbonyl (C=O) groups excluding carboxylic acids is 2. The quantitative estimate of drug-likeness (QED) is 0.725. The number of nitrogens with one attached hydrogen (secondary N) is 1. The fraction of sp³-hybridized carbons (Fsp3) is 0.417. The van der Waals surface area contributed by atoms with Gasteiger partial charge < -0.3 is 19.7 Å². The van der Waals surface area contributed by atoms with Crippen LogP contribution in [0.1, 0.15) is 30.4 Å². The predicted octanol–water partition coefficient (Wildman–Crippen LogP) is 3.26. The number of rotatable bonds is 8. The van der Waals surface area contributed by atoms with E-state index >= 15 is 0 Å². The molecular weight excluding hydrogens is 380 g/mol. The van der Waals surface area contributed by atoms with Crippen molar-refractivity contribution in [2.24, 2.45) is 0 Å². The van der Waals surface area contributed by atoms with Crippen LogP contribution in [0.15, 0.2) is 48.5 Å². The smallest absolute Gasteiger partial charge is 0.260 e. The van der Waals surface area contributed by atoms with Gasteiger partial charge in [-0.2, -0.15) is 0 Å². The van der Waals surface area contributed by atoms with Gasteiger partial charge in [0, 0.05) is 19.1 Å². The Morgan fingerprint density at radius 2 is 1.73 bits per heavy atom. The van der Waals surface area contributed by atoms with E-state index in [1.54, 1.807) is 0 Å². The molecule has 0 spiro atoms. The van der Waals surface area contributed by atoms with Crippen LogP contribution in [-0.2, 0) is 9.59 Å². The van der Waals surface area contributed by atoms with Crippen molar-refractivity contribution in [2.45, 2.75) is 39.2 Å².